The number of carboxylic acid groups (broad SMARTS) is 1. The van der Waals surface area contributed by atoms with E-state index >= 15 is 0 Å². The summed E-state index contributed by atoms with van der Waals surface area (Å²) in [4.78, 5) is 21.2. The molecule has 0 atom stereocenters. The van der Waals surface area contributed by atoms with Crippen LogP contribution in [0.25, 0.3) is 0 Å². The van der Waals surface area contributed by atoms with Gasteiger partial charge in [0.05, 0.1) is 10.6 Å². The number of benzene rings is 1. The molecule has 18 heavy (non-hydrogen) atoms. The molecule has 0 spiro atoms. The first kappa shape index (κ1) is 14.2. The molecule has 9 heteroatoms. The van der Waals surface area contributed by atoms with Gasteiger partial charge in [-0.3, -0.25) is 4.79 Å². The summed E-state index contributed by atoms with van der Waals surface area (Å²) >= 11 is 5.29. The zero-order valence-electron chi connectivity index (χ0n) is 8.31. The molecule has 4 nitrogen and oxygen atoms in total. The number of carbonyl (C=O) groups excluding carboxylic acids is 1. The van der Waals surface area contributed by atoms with Crippen LogP contribution in [0.15, 0.2) is 12.1 Å². The minimum Gasteiger partial charge on any atom is -0.478 e. The number of halogens is 5. The Morgan fingerprint density at radius 2 is 1.83 bits per heavy atom. The molecule has 0 aromatic heterocycles. The van der Waals surface area contributed by atoms with Crippen LogP contribution in [0.2, 0.25) is 5.02 Å². The first-order valence-corrected chi connectivity index (χ1v) is 4.61. The van der Waals surface area contributed by atoms with Crippen LogP contribution in [0, 0.1) is 5.82 Å². The number of carboxylic acids is 1. The van der Waals surface area contributed by atoms with E-state index in [9.17, 15) is 27.2 Å². The van der Waals surface area contributed by atoms with Gasteiger partial charge in [-0.05, 0) is 12.1 Å². The van der Waals surface area contributed by atoms with Crippen molar-refractivity contribution in [3.8, 4) is 0 Å². The number of nitrogens with one attached hydrogen (secondary N) is 1. The third-order valence-electron chi connectivity index (χ3n) is 1.77. The summed E-state index contributed by atoms with van der Waals surface area (Å²) < 4.78 is 49.0. The molecule has 0 unspecified atom stereocenters. The molecule has 0 aliphatic rings. The molecule has 0 saturated heterocycles. The van der Waals surface area contributed by atoms with Gasteiger partial charge < -0.3 is 10.4 Å². The summed E-state index contributed by atoms with van der Waals surface area (Å²) in [6.45, 7) is 0. The molecule has 98 valence electrons. The van der Waals surface area contributed by atoms with E-state index in [0.717, 1.165) is 0 Å². The van der Waals surface area contributed by atoms with Gasteiger partial charge in [0, 0.05) is 5.69 Å². The molecule has 2 N–H and O–H groups in total. The number of amides is 1. The number of rotatable bonds is 2. The number of carbonyl (C=O) groups is 2. The van der Waals surface area contributed by atoms with Crippen LogP contribution in [0.5, 0.6) is 0 Å². The molecule has 0 aliphatic carbocycles. The van der Waals surface area contributed by atoms with E-state index in [1.54, 1.807) is 0 Å². The Hall–Kier alpha value is -1.83. The fourth-order valence-corrected chi connectivity index (χ4v) is 1.24. The minimum absolute atomic E-state index is 0.535. The first-order valence-electron chi connectivity index (χ1n) is 4.23. The number of alkyl halides is 3. The van der Waals surface area contributed by atoms with E-state index < -0.39 is 40.1 Å². The van der Waals surface area contributed by atoms with Gasteiger partial charge in [0.25, 0.3) is 0 Å². The van der Waals surface area contributed by atoms with Crippen molar-refractivity contribution in [1.29, 1.82) is 0 Å². The first-order chi connectivity index (χ1) is 8.12. The molecule has 1 aromatic rings. The van der Waals surface area contributed by atoms with Crippen LogP contribution in [-0.4, -0.2) is 23.2 Å². The van der Waals surface area contributed by atoms with Crippen LogP contribution in [0.3, 0.4) is 0 Å². The summed E-state index contributed by atoms with van der Waals surface area (Å²) in [5, 5.41) is 9.23. The van der Waals surface area contributed by atoms with Crippen molar-refractivity contribution in [3.05, 3.63) is 28.5 Å². The lowest BCUT2D eigenvalue weighted by molar-refractivity contribution is -0.167. The van der Waals surface area contributed by atoms with E-state index in [4.69, 9.17) is 16.7 Å². The second kappa shape index (κ2) is 4.81. The van der Waals surface area contributed by atoms with Crippen molar-refractivity contribution in [1.82, 2.24) is 0 Å². The quantitative estimate of drug-likeness (QED) is 0.821. The average molecular weight is 286 g/mol. The Bertz CT molecular complexity index is 515. The Balaban J connectivity index is 3.13. The van der Waals surface area contributed by atoms with Crippen LogP contribution in [0.1, 0.15) is 10.4 Å². The lowest BCUT2D eigenvalue weighted by Crippen LogP contribution is -2.30. The molecule has 0 saturated carbocycles. The van der Waals surface area contributed by atoms with Crippen molar-refractivity contribution in [2.24, 2.45) is 0 Å². The SMILES string of the molecule is O=C(O)c1cc(NC(=O)C(F)(F)F)cc(Cl)c1F. The van der Waals surface area contributed by atoms with Gasteiger partial charge in [-0.1, -0.05) is 11.6 Å². The number of hydrogen-bond donors (Lipinski definition) is 2. The number of hydrogen-bond acceptors (Lipinski definition) is 2. The third kappa shape index (κ3) is 3.10. The second-order valence-electron chi connectivity index (χ2n) is 3.08. The second-order valence-corrected chi connectivity index (χ2v) is 3.48. The molecule has 1 rings (SSSR count). The van der Waals surface area contributed by atoms with Gasteiger partial charge in [-0.2, -0.15) is 13.2 Å². The van der Waals surface area contributed by atoms with Crippen molar-refractivity contribution >= 4 is 29.2 Å². The molecule has 0 bridgehead atoms. The third-order valence-corrected chi connectivity index (χ3v) is 2.05. The molecule has 0 fully saturated rings. The zero-order chi connectivity index (χ0) is 14.1. The Kier molecular flexibility index (Phi) is 3.80. The highest BCUT2D eigenvalue weighted by Gasteiger charge is 2.38. The summed E-state index contributed by atoms with van der Waals surface area (Å²) in [6.07, 6.45) is -5.15. The predicted molar refractivity (Wildman–Crippen MR) is 53.1 cm³/mol. The van der Waals surface area contributed by atoms with Gasteiger partial charge >= 0.3 is 18.1 Å². The maximum absolute atomic E-state index is 13.2. The lowest BCUT2D eigenvalue weighted by Gasteiger charge is -2.09. The van der Waals surface area contributed by atoms with Crippen LogP contribution in [-0.2, 0) is 4.79 Å². The maximum Gasteiger partial charge on any atom is 0.471 e. The molecular formula is C9H4ClF4NO3. The van der Waals surface area contributed by atoms with Gasteiger partial charge in [0.1, 0.15) is 0 Å². The summed E-state index contributed by atoms with van der Waals surface area (Å²) in [6, 6.07) is 1.21. The van der Waals surface area contributed by atoms with Gasteiger partial charge in [-0.25, -0.2) is 9.18 Å². The predicted octanol–water partition coefficient (Wildman–Crippen LogP) is 2.68. The van der Waals surface area contributed by atoms with Crippen molar-refractivity contribution in [3.63, 3.8) is 0 Å². The maximum atomic E-state index is 13.2. The standard InChI is InChI=1S/C9H4ClF4NO3/c10-5-2-3(15-8(18)9(12,13)14)1-4(6(5)11)7(16)17/h1-2H,(H,15,18)(H,16,17). The van der Waals surface area contributed by atoms with E-state index in [1.165, 1.54) is 5.32 Å². The molecule has 0 aliphatic heterocycles. The average Bonchev–Trinajstić information content (AvgIpc) is 2.21. The van der Waals surface area contributed by atoms with Crippen molar-refractivity contribution < 1.29 is 32.3 Å². The smallest absolute Gasteiger partial charge is 0.471 e. The van der Waals surface area contributed by atoms with Gasteiger partial charge in [0.2, 0.25) is 0 Å². The number of anilines is 1. The highest BCUT2D eigenvalue weighted by molar-refractivity contribution is 6.31. The molecule has 1 aromatic carbocycles. The number of aromatic carboxylic acids is 1. The highest BCUT2D eigenvalue weighted by atomic mass is 35.5. The Labute approximate surface area is 102 Å². The molecular weight excluding hydrogens is 282 g/mol. The minimum atomic E-state index is -5.15. The Morgan fingerprint density at radius 1 is 1.28 bits per heavy atom. The monoisotopic (exact) mass is 285 g/mol. The molecule has 1 amide bonds. The summed E-state index contributed by atoms with van der Waals surface area (Å²) in [5.74, 6) is -5.34. The summed E-state index contributed by atoms with van der Waals surface area (Å²) in [7, 11) is 0. The summed E-state index contributed by atoms with van der Waals surface area (Å²) in [5.41, 5.74) is -1.51. The molecule has 0 heterocycles. The Morgan fingerprint density at radius 3 is 2.28 bits per heavy atom. The highest BCUT2D eigenvalue weighted by Crippen LogP contribution is 2.25. The largest absolute Gasteiger partial charge is 0.478 e. The van der Waals surface area contributed by atoms with Gasteiger partial charge in [-0.15, -0.1) is 0 Å². The fourth-order valence-electron chi connectivity index (χ4n) is 1.02. The van der Waals surface area contributed by atoms with Crippen LogP contribution in [0.4, 0.5) is 23.2 Å². The fraction of sp³-hybridized carbons (Fsp3) is 0.111. The van der Waals surface area contributed by atoms with Crippen molar-refractivity contribution in [2.45, 2.75) is 6.18 Å². The van der Waals surface area contributed by atoms with Gasteiger partial charge in [0.15, 0.2) is 5.82 Å². The molecule has 0 radical (unpaired) electrons. The van der Waals surface area contributed by atoms with Crippen molar-refractivity contribution in [2.75, 3.05) is 5.32 Å². The lowest BCUT2D eigenvalue weighted by atomic mass is 10.2. The zero-order valence-corrected chi connectivity index (χ0v) is 9.06. The van der Waals surface area contributed by atoms with E-state index in [-0.39, 0.29) is 0 Å². The normalized spacial score (nSPS) is 11.2. The van der Waals surface area contributed by atoms with Crippen LogP contribution >= 0.6 is 11.6 Å². The topological polar surface area (TPSA) is 66.4 Å². The van der Waals surface area contributed by atoms with E-state index in [0.29, 0.717) is 12.1 Å². The van der Waals surface area contributed by atoms with Crippen LogP contribution < -0.4 is 5.32 Å². The van der Waals surface area contributed by atoms with E-state index in [1.807, 2.05) is 0 Å². The van der Waals surface area contributed by atoms with E-state index in [2.05, 4.69) is 0 Å².